The number of hydrogen-bond acceptors (Lipinski definition) is 3. The molecule has 0 spiro atoms. The van der Waals surface area contributed by atoms with Gasteiger partial charge in [0.25, 0.3) is 0 Å². The average molecular weight is 303 g/mol. The zero-order chi connectivity index (χ0) is 15.4. The number of carbonyl (C=O) groups excluding carboxylic acids is 1. The summed E-state index contributed by atoms with van der Waals surface area (Å²) in [7, 11) is 1.80. The molecule has 1 aliphatic carbocycles. The van der Waals surface area contributed by atoms with Gasteiger partial charge in [-0.05, 0) is 36.5 Å². The second-order valence-corrected chi connectivity index (χ2v) is 6.35. The summed E-state index contributed by atoms with van der Waals surface area (Å²) >= 11 is 0. The average Bonchev–Trinajstić information content (AvgIpc) is 2.78. The molecule has 3 rings (SSSR count). The third-order valence-corrected chi connectivity index (χ3v) is 4.90. The summed E-state index contributed by atoms with van der Waals surface area (Å²) in [6.07, 6.45) is 7.49. The van der Waals surface area contributed by atoms with E-state index in [1.54, 1.807) is 12.0 Å². The van der Waals surface area contributed by atoms with Gasteiger partial charge in [0.2, 0.25) is 6.41 Å². The monoisotopic (exact) mass is 303 g/mol. The number of ether oxygens (including phenoxy) is 2. The Morgan fingerprint density at radius 2 is 2.14 bits per heavy atom. The Balaban J connectivity index is 1.84. The van der Waals surface area contributed by atoms with Crippen molar-refractivity contribution in [1.82, 2.24) is 4.90 Å². The van der Waals surface area contributed by atoms with E-state index >= 15 is 0 Å². The van der Waals surface area contributed by atoms with Gasteiger partial charge in [0.1, 0.15) is 12.4 Å². The maximum absolute atomic E-state index is 11.1. The Labute approximate surface area is 132 Å². The highest BCUT2D eigenvalue weighted by molar-refractivity contribution is 5.49. The summed E-state index contributed by atoms with van der Waals surface area (Å²) in [6.45, 7) is 1.82. The van der Waals surface area contributed by atoms with E-state index in [1.165, 1.54) is 37.7 Å². The molecule has 0 bridgehead atoms. The van der Waals surface area contributed by atoms with E-state index in [-0.39, 0.29) is 6.10 Å². The molecule has 0 saturated heterocycles. The molecule has 1 unspecified atom stereocenters. The lowest BCUT2D eigenvalue weighted by Gasteiger charge is -2.30. The lowest BCUT2D eigenvalue weighted by Crippen LogP contribution is -2.23. The van der Waals surface area contributed by atoms with E-state index in [2.05, 4.69) is 12.1 Å². The highest BCUT2D eigenvalue weighted by atomic mass is 16.5. The van der Waals surface area contributed by atoms with Gasteiger partial charge in [-0.25, -0.2) is 0 Å². The predicted octanol–water partition coefficient (Wildman–Crippen LogP) is 3.31. The fourth-order valence-corrected chi connectivity index (χ4v) is 3.74. The van der Waals surface area contributed by atoms with Crippen LogP contribution in [0, 0.1) is 5.92 Å². The van der Waals surface area contributed by atoms with Crippen molar-refractivity contribution in [2.45, 2.75) is 44.8 Å². The van der Waals surface area contributed by atoms with E-state index < -0.39 is 0 Å². The van der Waals surface area contributed by atoms with Crippen LogP contribution in [0.1, 0.15) is 49.3 Å². The van der Waals surface area contributed by atoms with Gasteiger partial charge in [0.05, 0.1) is 12.6 Å². The number of amides is 1. The molecule has 120 valence electrons. The van der Waals surface area contributed by atoms with Crippen LogP contribution in [0.25, 0.3) is 0 Å². The Hall–Kier alpha value is -1.55. The third kappa shape index (κ3) is 3.27. The lowest BCUT2D eigenvalue weighted by molar-refractivity contribution is -0.118. The molecule has 0 N–H and O–H groups in total. The third-order valence-electron chi connectivity index (χ3n) is 4.90. The molecule has 4 heteroatoms. The highest BCUT2D eigenvalue weighted by Gasteiger charge is 2.26. The molecule has 1 aromatic rings. The van der Waals surface area contributed by atoms with Gasteiger partial charge < -0.3 is 14.4 Å². The number of methoxy groups -OCH3 is 1. The molecular formula is C18H25NO3. The molecule has 0 aromatic heterocycles. The fourth-order valence-electron chi connectivity index (χ4n) is 3.74. The summed E-state index contributed by atoms with van der Waals surface area (Å²) < 4.78 is 11.6. The van der Waals surface area contributed by atoms with E-state index in [4.69, 9.17) is 9.47 Å². The second-order valence-electron chi connectivity index (χ2n) is 6.35. The van der Waals surface area contributed by atoms with Crippen molar-refractivity contribution in [3.8, 4) is 5.75 Å². The SMILES string of the molecule is COC(c1ccc2c(c1)CN(C=O)CCO2)C1CCCCC1. The Morgan fingerprint density at radius 3 is 2.86 bits per heavy atom. The molecule has 1 fully saturated rings. The van der Waals surface area contributed by atoms with Crippen LogP contribution in [0.5, 0.6) is 5.75 Å². The summed E-state index contributed by atoms with van der Waals surface area (Å²) in [5.74, 6) is 1.50. The standard InChI is InChI=1S/C18H25NO3/c1-21-18(14-5-3-2-4-6-14)15-7-8-17-16(11-15)12-19(13-20)9-10-22-17/h7-8,11,13-14,18H,2-6,9-10,12H2,1H3. The smallest absolute Gasteiger partial charge is 0.210 e. The normalized spacial score (nSPS) is 20.7. The van der Waals surface area contributed by atoms with E-state index in [1.807, 2.05) is 6.07 Å². The van der Waals surface area contributed by atoms with Crippen LogP contribution in [0.15, 0.2) is 18.2 Å². The van der Waals surface area contributed by atoms with E-state index in [0.717, 1.165) is 17.7 Å². The van der Waals surface area contributed by atoms with Gasteiger partial charge in [-0.2, -0.15) is 0 Å². The first-order chi connectivity index (χ1) is 10.8. The lowest BCUT2D eigenvalue weighted by atomic mass is 9.82. The van der Waals surface area contributed by atoms with Crippen molar-refractivity contribution in [3.63, 3.8) is 0 Å². The first-order valence-corrected chi connectivity index (χ1v) is 8.29. The topological polar surface area (TPSA) is 38.8 Å². The molecule has 1 heterocycles. The second kappa shape index (κ2) is 7.14. The minimum Gasteiger partial charge on any atom is -0.491 e. The molecule has 22 heavy (non-hydrogen) atoms. The van der Waals surface area contributed by atoms with Crippen LogP contribution in [-0.4, -0.2) is 31.6 Å². The quantitative estimate of drug-likeness (QED) is 0.801. The van der Waals surface area contributed by atoms with Gasteiger partial charge in [0.15, 0.2) is 0 Å². The molecule has 1 atom stereocenters. The van der Waals surface area contributed by atoms with Crippen LogP contribution in [0.3, 0.4) is 0 Å². The van der Waals surface area contributed by atoms with Crippen molar-refractivity contribution in [2.24, 2.45) is 5.92 Å². The molecule has 1 saturated carbocycles. The van der Waals surface area contributed by atoms with E-state index in [0.29, 0.717) is 25.6 Å². The Kier molecular flexibility index (Phi) is 4.98. The molecule has 4 nitrogen and oxygen atoms in total. The van der Waals surface area contributed by atoms with Gasteiger partial charge in [-0.3, -0.25) is 4.79 Å². The molecule has 0 radical (unpaired) electrons. The zero-order valence-corrected chi connectivity index (χ0v) is 13.3. The summed E-state index contributed by atoms with van der Waals surface area (Å²) in [4.78, 5) is 12.9. The van der Waals surface area contributed by atoms with Crippen LogP contribution in [-0.2, 0) is 16.1 Å². The number of nitrogens with zero attached hydrogens (tertiary/aromatic N) is 1. The predicted molar refractivity (Wildman–Crippen MR) is 84.7 cm³/mol. The van der Waals surface area contributed by atoms with Crippen LogP contribution < -0.4 is 4.74 Å². The van der Waals surface area contributed by atoms with Crippen molar-refractivity contribution >= 4 is 6.41 Å². The van der Waals surface area contributed by atoms with Gasteiger partial charge in [0, 0.05) is 19.2 Å². The zero-order valence-electron chi connectivity index (χ0n) is 13.3. The van der Waals surface area contributed by atoms with Crippen molar-refractivity contribution < 1.29 is 14.3 Å². The van der Waals surface area contributed by atoms with Crippen LogP contribution >= 0.6 is 0 Å². The molecule has 1 aliphatic heterocycles. The first-order valence-electron chi connectivity index (χ1n) is 8.29. The largest absolute Gasteiger partial charge is 0.491 e. The molecule has 2 aliphatic rings. The maximum Gasteiger partial charge on any atom is 0.210 e. The summed E-state index contributed by atoms with van der Waals surface area (Å²) in [6, 6.07) is 6.33. The Bertz CT molecular complexity index is 511. The Morgan fingerprint density at radius 1 is 1.32 bits per heavy atom. The van der Waals surface area contributed by atoms with Gasteiger partial charge in [-0.15, -0.1) is 0 Å². The van der Waals surface area contributed by atoms with Gasteiger partial charge in [-0.1, -0.05) is 25.3 Å². The maximum atomic E-state index is 11.1. The summed E-state index contributed by atoms with van der Waals surface area (Å²) in [5, 5.41) is 0. The molecule has 1 amide bonds. The minimum absolute atomic E-state index is 0.151. The van der Waals surface area contributed by atoms with E-state index in [9.17, 15) is 4.79 Å². The summed E-state index contributed by atoms with van der Waals surface area (Å²) in [5.41, 5.74) is 2.30. The van der Waals surface area contributed by atoms with Crippen LogP contribution in [0.4, 0.5) is 0 Å². The van der Waals surface area contributed by atoms with Crippen LogP contribution in [0.2, 0.25) is 0 Å². The molecule has 1 aromatic carbocycles. The van der Waals surface area contributed by atoms with Crippen molar-refractivity contribution in [1.29, 1.82) is 0 Å². The molecular weight excluding hydrogens is 278 g/mol. The number of benzene rings is 1. The van der Waals surface area contributed by atoms with Crippen molar-refractivity contribution in [3.05, 3.63) is 29.3 Å². The van der Waals surface area contributed by atoms with Crippen molar-refractivity contribution in [2.75, 3.05) is 20.3 Å². The fraction of sp³-hybridized carbons (Fsp3) is 0.611. The number of hydrogen-bond donors (Lipinski definition) is 0. The number of rotatable bonds is 4. The highest BCUT2D eigenvalue weighted by Crippen LogP contribution is 2.38. The first kappa shape index (κ1) is 15.3. The van der Waals surface area contributed by atoms with Gasteiger partial charge >= 0.3 is 0 Å². The number of fused-ring (bicyclic) bond motifs is 1. The number of carbonyl (C=O) groups is 1. The minimum atomic E-state index is 0.151.